The zero-order valence-electron chi connectivity index (χ0n) is 11.2. The first-order chi connectivity index (χ1) is 9.23. The minimum atomic E-state index is -4.01. The van der Waals surface area contributed by atoms with Gasteiger partial charge >= 0.3 is 0 Å². The lowest BCUT2D eigenvalue weighted by Crippen LogP contribution is -2.23. The van der Waals surface area contributed by atoms with E-state index in [1.807, 2.05) is 13.8 Å². The topological polar surface area (TPSA) is 125 Å². The maximum atomic E-state index is 11.1. The van der Waals surface area contributed by atoms with Gasteiger partial charge in [-0.15, -0.1) is 0 Å². The summed E-state index contributed by atoms with van der Waals surface area (Å²) < 4.78 is 29.8. The van der Waals surface area contributed by atoms with Gasteiger partial charge in [-0.05, 0) is 25.5 Å². The second-order valence-corrected chi connectivity index (χ2v) is 5.55. The van der Waals surface area contributed by atoms with Gasteiger partial charge in [0.25, 0.3) is 10.2 Å². The van der Waals surface area contributed by atoms with E-state index in [0.29, 0.717) is 6.42 Å². The third kappa shape index (κ3) is 5.02. The lowest BCUT2D eigenvalue weighted by molar-refractivity contribution is -0.496. The van der Waals surface area contributed by atoms with Gasteiger partial charge in [0, 0.05) is 4.92 Å². The van der Waals surface area contributed by atoms with E-state index < -0.39 is 21.7 Å². The number of rotatable bonds is 7. The van der Waals surface area contributed by atoms with Crippen molar-refractivity contribution in [1.82, 2.24) is 0 Å². The van der Waals surface area contributed by atoms with E-state index in [1.165, 1.54) is 12.1 Å². The van der Waals surface area contributed by atoms with Gasteiger partial charge in [-0.25, -0.2) is 5.14 Å². The molecule has 3 N–H and O–H groups in total. The SMILES string of the molecule is CC[C@H](C)Oc1cccc(NS(N)(=O)=O)c1C[N+](=O)[O-]. The lowest BCUT2D eigenvalue weighted by atomic mass is 10.1. The Labute approximate surface area is 117 Å². The van der Waals surface area contributed by atoms with Gasteiger partial charge in [-0.3, -0.25) is 14.8 Å². The Morgan fingerprint density at radius 2 is 2.15 bits per heavy atom. The molecular weight excluding hydrogens is 286 g/mol. The van der Waals surface area contributed by atoms with Crippen LogP contribution in [0, 0.1) is 10.1 Å². The molecule has 0 unspecified atom stereocenters. The molecule has 1 aromatic rings. The Balaban J connectivity index is 3.22. The van der Waals surface area contributed by atoms with E-state index in [4.69, 9.17) is 9.88 Å². The average Bonchev–Trinajstić information content (AvgIpc) is 2.30. The van der Waals surface area contributed by atoms with Crippen LogP contribution in [0.1, 0.15) is 25.8 Å². The number of nitrogens with two attached hydrogens (primary N) is 1. The molecule has 0 spiro atoms. The molecular formula is C11H17N3O5S. The molecule has 0 radical (unpaired) electrons. The summed E-state index contributed by atoms with van der Waals surface area (Å²) in [6.45, 7) is 3.16. The molecule has 0 heterocycles. The molecule has 0 fully saturated rings. The molecule has 0 aliphatic rings. The largest absolute Gasteiger partial charge is 0.490 e. The number of ether oxygens (including phenoxy) is 1. The van der Waals surface area contributed by atoms with Crippen LogP contribution in [0.5, 0.6) is 5.75 Å². The highest BCUT2D eigenvalue weighted by Gasteiger charge is 2.18. The molecule has 1 rings (SSSR count). The Morgan fingerprint density at radius 3 is 2.65 bits per heavy atom. The van der Waals surface area contributed by atoms with Crippen molar-refractivity contribution in [2.24, 2.45) is 5.14 Å². The fourth-order valence-electron chi connectivity index (χ4n) is 1.52. The maximum Gasteiger partial charge on any atom is 0.296 e. The van der Waals surface area contributed by atoms with Crippen molar-refractivity contribution >= 4 is 15.9 Å². The molecule has 1 aromatic carbocycles. The minimum absolute atomic E-state index is 0.0463. The molecule has 20 heavy (non-hydrogen) atoms. The van der Waals surface area contributed by atoms with Gasteiger partial charge in [-0.1, -0.05) is 13.0 Å². The number of nitro groups is 1. The maximum absolute atomic E-state index is 11.1. The quantitative estimate of drug-likeness (QED) is 0.579. The van der Waals surface area contributed by atoms with Crippen molar-refractivity contribution in [3.63, 3.8) is 0 Å². The number of nitrogens with zero attached hydrogens (tertiary/aromatic N) is 1. The van der Waals surface area contributed by atoms with Crippen molar-refractivity contribution in [3.05, 3.63) is 33.9 Å². The van der Waals surface area contributed by atoms with Crippen molar-refractivity contribution in [3.8, 4) is 5.75 Å². The summed E-state index contributed by atoms with van der Waals surface area (Å²) >= 11 is 0. The molecule has 0 aliphatic carbocycles. The van der Waals surface area contributed by atoms with Crippen LogP contribution in [-0.4, -0.2) is 19.4 Å². The zero-order chi connectivity index (χ0) is 15.3. The van der Waals surface area contributed by atoms with E-state index in [9.17, 15) is 18.5 Å². The molecule has 0 aromatic heterocycles. The number of hydrogen-bond acceptors (Lipinski definition) is 5. The fourth-order valence-corrected chi connectivity index (χ4v) is 2.01. The highest BCUT2D eigenvalue weighted by Crippen LogP contribution is 2.29. The summed E-state index contributed by atoms with van der Waals surface area (Å²) in [6.07, 6.45) is 0.565. The van der Waals surface area contributed by atoms with Gasteiger partial charge in [-0.2, -0.15) is 8.42 Å². The molecule has 0 amide bonds. The molecule has 8 nitrogen and oxygen atoms in total. The van der Waals surface area contributed by atoms with E-state index in [0.717, 1.165) is 0 Å². The van der Waals surface area contributed by atoms with Crippen molar-refractivity contribution in [2.75, 3.05) is 4.72 Å². The standard InChI is InChI=1S/C11H17N3O5S/c1-3-8(2)19-11-6-4-5-10(13-20(12,17)18)9(11)7-14(15)16/h4-6,8,13H,3,7H2,1-2H3,(H2,12,17,18)/t8-/m0/s1. The lowest BCUT2D eigenvalue weighted by Gasteiger charge is -2.17. The van der Waals surface area contributed by atoms with Crippen LogP contribution < -0.4 is 14.6 Å². The number of hydrogen-bond donors (Lipinski definition) is 2. The van der Waals surface area contributed by atoms with E-state index >= 15 is 0 Å². The van der Waals surface area contributed by atoms with Gasteiger partial charge in [0.1, 0.15) is 5.75 Å². The molecule has 0 bridgehead atoms. The molecule has 0 saturated heterocycles. The summed E-state index contributed by atoms with van der Waals surface area (Å²) in [5, 5.41) is 15.6. The van der Waals surface area contributed by atoms with E-state index in [-0.39, 0.29) is 23.1 Å². The predicted octanol–water partition coefficient (Wildman–Crippen LogP) is 1.26. The molecule has 9 heteroatoms. The molecule has 0 saturated carbocycles. The Morgan fingerprint density at radius 1 is 1.50 bits per heavy atom. The molecule has 1 atom stereocenters. The van der Waals surface area contributed by atoms with Gasteiger partial charge < -0.3 is 4.74 Å². The van der Waals surface area contributed by atoms with E-state index in [2.05, 4.69) is 4.72 Å². The van der Waals surface area contributed by atoms with Crippen LogP contribution >= 0.6 is 0 Å². The van der Waals surface area contributed by atoms with Crippen LogP contribution in [0.25, 0.3) is 0 Å². The summed E-state index contributed by atoms with van der Waals surface area (Å²) in [6, 6.07) is 4.49. The van der Waals surface area contributed by atoms with E-state index in [1.54, 1.807) is 6.07 Å². The first kappa shape index (κ1) is 16.2. The zero-order valence-corrected chi connectivity index (χ0v) is 12.0. The smallest absolute Gasteiger partial charge is 0.296 e. The monoisotopic (exact) mass is 303 g/mol. The summed E-state index contributed by atoms with van der Waals surface area (Å²) in [5.41, 5.74) is 0.192. The summed E-state index contributed by atoms with van der Waals surface area (Å²) in [4.78, 5) is 10.2. The van der Waals surface area contributed by atoms with Crippen molar-refractivity contribution in [1.29, 1.82) is 0 Å². The Bertz CT molecular complexity index is 588. The number of benzene rings is 1. The summed E-state index contributed by atoms with van der Waals surface area (Å²) in [5.74, 6) is 0.268. The molecule has 0 aliphatic heterocycles. The second kappa shape index (κ2) is 6.53. The number of anilines is 1. The van der Waals surface area contributed by atoms with Crippen LogP contribution in [-0.2, 0) is 16.8 Å². The Kier molecular flexibility index (Phi) is 5.28. The van der Waals surface area contributed by atoms with Gasteiger partial charge in [0.05, 0.1) is 17.4 Å². The van der Waals surface area contributed by atoms with Crippen LogP contribution in [0.2, 0.25) is 0 Å². The normalized spacial score (nSPS) is 12.8. The van der Waals surface area contributed by atoms with Crippen LogP contribution in [0.3, 0.4) is 0 Å². The summed E-state index contributed by atoms with van der Waals surface area (Å²) in [7, 11) is -4.01. The van der Waals surface area contributed by atoms with Gasteiger partial charge in [0.15, 0.2) is 0 Å². The number of nitrogens with one attached hydrogen (secondary N) is 1. The third-order valence-electron chi connectivity index (χ3n) is 2.58. The molecule has 112 valence electrons. The fraction of sp³-hybridized carbons (Fsp3) is 0.455. The highest BCUT2D eigenvalue weighted by molar-refractivity contribution is 7.90. The van der Waals surface area contributed by atoms with Crippen molar-refractivity contribution < 1.29 is 18.1 Å². The van der Waals surface area contributed by atoms with Crippen molar-refractivity contribution in [2.45, 2.75) is 32.9 Å². The first-order valence-electron chi connectivity index (χ1n) is 5.93. The van der Waals surface area contributed by atoms with Crippen LogP contribution in [0.4, 0.5) is 5.69 Å². The Hall–Kier alpha value is -1.87. The average molecular weight is 303 g/mol. The third-order valence-corrected chi connectivity index (χ3v) is 3.08. The predicted molar refractivity (Wildman–Crippen MR) is 74.3 cm³/mol. The van der Waals surface area contributed by atoms with Crippen LogP contribution in [0.15, 0.2) is 18.2 Å². The highest BCUT2D eigenvalue weighted by atomic mass is 32.2. The van der Waals surface area contributed by atoms with Gasteiger partial charge in [0.2, 0.25) is 6.54 Å². The second-order valence-electron chi connectivity index (χ2n) is 4.26. The minimum Gasteiger partial charge on any atom is -0.490 e. The first-order valence-corrected chi connectivity index (χ1v) is 7.48.